The highest BCUT2D eigenvalue weighted by Crippen LogP contribution is 2.30. The van der Waals surface area contributed by atoms with Crippen LogP contribution in [0.25, 0.3) is 0 Å². The second-order valence-electron chi connectivity index (χ2n) is 11.0. The molecular formula is C31H49N7O4. The monoisotopic (exact) mass is 583 g/mol. The molecule has 1 aromatic carbocycles. The molecule has 0 aliphatic carbocycles. The van der Waals surface area contributed by atoms with Gasteiger partial charge < -0.3 is 25.4 Å². The van der Waals surface area contributed by atoms with Gasteiger partial charge in [0.2, 0.25) is 6.41 Å². The third-order valence-corrected chi connectivity index (χ3v) is 7.31. The standard InChI is InChI=1S/C31H49N7O4/c1-4-5-18-42-31-34-29(32)28(33-24-39)30(35-31)36(3)12-6-7-13-38(15-9-14-37-16-19-41-20-17-37)23-27-11-8-10-26(22-27)21-25(2)40/h8,10-11,22,24H,4-7,9,12-21,23H2,1-3H3,(H,33,39)(H2,32,34,35). The van der Waals surface area contributed by atoms with Gasteiger partial charge in [-0.25, -0.2) is 0 Å². The fourth-order valence-electron chi connectivity index (χ4n) is 5.08. The maximum Gasteiger partial charge on any atom is 0.320 e. The third kappa shape index (κ3) is 11.5. The second-order valence-corrected chi connectivity index (χ2v) is 11.0. The fraction of sp³-hybridized carbons (Fsp3) is 0.613. The van der Waals surface area contributed by atoms with Crippen LogP contribution in [0.3, 0.4) is 0 Å². The zero-order valence-corrected chi connectivity index (χ0v) is 25.6. The van der Waals surface area contributed by atoms with Crippen LogP contribution in [0.1, 0.15) is 57.1 Å². The van der Waals surface area contributed by atoms with Crippen LogP contribution in [0.4, 0.5) is 17.3 Å². The van der Waals surface area contributed by atoms with Gasteiger partial charge in [-0.1, -0.05) is 37.6 Å². The largest absolute Gasteiger partial charge is 0.463 e. The molecule has 1 aliphatic heterocycles. The smallest absolute Gasteiger partial charge is 0.320 e. The molecule has 2 aromatic rings. The lowest BCUT2D eigenvalue weighted by Gasteiger charge is -2.28. The number of nitrogen functional groups attached to an aromatic ring is 1. The molecule has 1 fully saturated rings. The first-order chi connectivity index (χ1) is 20.4. The normalized spacial score (nSPS) is 13.7. The predicted octanol–water partition coefficient (Wildman–Crippen LogP) is 3.38. The van der Waals surface area contributed by atoms with Gasteiger partial charge in [0, 0.05) is 39.6 Å². The van der Waals surface area contributed by atoms with E-state index in [-0.39, 0.29) is 17.6 Å². The molecule has 1 amide bonds. The number of unbranched alkanes of at least 4 members (excludes halogenated alkanes) is 2. The van der Waals surface area contributed by atoms with Crippen molar-refractivity contribution in [2.45, 2.75) is 58.9 Å². The first kappa shape index (κ1) is 33.2. The van der Waals surface area contributed by atoms with E-state index in [1.54, 1.807) is 6.92 Å². The topological polar surface area (TPSA) is 126 Å². The Morgan fingerprint density at radius 2 is 1.86 bits per heavy atom. The number of aromatic nitrogens is 2. The quantitative estimate of drug-likeness (QED) is 0.177. The molecule has 0 bridgehead atoms. The summed E-state index contributed by atoms with van der Waals surface area (Å²) in [6.07, 6.45) is 5.97. The Kier molecular flexibility index (Phi) is 14.5. The number of nitrogens with zero attached hydrogens (tertiary/aromatic N) is 5. The third-order valence-electron chi connectivity index (χ3n) is 7.31. The molecule has 11 nitrogen and oxygen atoms in total. The van der Waals surface area contributed by atoms with Gasteiger partial charge in [-0.15, -0.1) is 0 Å². The van der Waals surface area contributed by atoms with Gasteiger partial charge in [-0.05, 0) is 63.4 Å². The van der Waals surface area contributed by atoms with Crippen LogP contribution < -0.4 is 20.7 Å². The van der Waals surface area contributed by atoms with E-state index in [0.29, 0.717) is 30.9 Å². The van der Waals surface area contributed by atoms with Crippen LogP contribution in [0.2, 0.25) is 0 Å². The van der Waals surface area contributed by atoms with E-state index >= 15 is 0 Å². The SMILES string of the molecule is CCCCOc1nc(N)c(NC=O)c(N(C)CCCCN(CCCN2CCOCC2)Cc2cccc(CC(C)=O)c2)n1. The molecule has 0 saturated carbocycles. The van der Waals surface area contributed by atoms with Crippen LogP contribution in [0.5, 0.6) is 6.01 Å². The summed E-state index contributed by atoms with van der Waals surface area (Å²) >= 11 is 0. The number of hydrogen-bond acceptors (Lipinski definition) is 10. The summed E-state index contributed by atoms with van der Waals surface area (Å²) in [5.41, 5.74) is 8.83. The molecule has 11 heteroatoms. The minimum absolute atomic E-state index is 0.176. The molecule has 3 N–H and O–H groups in total. The minimum atomic E-state index is 0.176. The molecule has 1 saturated heterocycles. The first-order valence-electron chi connectivity index (χ1n) is 15.2. The summed E-state index contributed by atoms with van der Waals surface area (Å²) in [6.45, 7) is 12.5. The number of nitrogens with two attached hydrogens (primary N) is 1. The minimum Gasteiger partial charge on any atom is -0.463 e. The molecular weight excluding hydrogens is 534 g/mol. The average Bonchev–Trinajstić information content (AvgIpc) is 2.97. The number of ketones is 1. The Morgan fingerprint density at radius 1 is 1.12 bits per heavy atom. The number of morpholine rings is 1. The van der Waals surface area contributed by atoms with E-state index in [2.05, 4.69) is 44.1 Å². The highest BCUT2D eigenvalue weighted by atomic mass is 16.5. The molecule has 1 aliphatic rings. The van der Waals surface area contributed by atoms with Crippen molar-refractivity contribution in [3.8, 4) is 6.01 Å². The Labute approximate surface area is 250 Å². The van der Waals surface area contributed by atoms with E-state index in [9.17, 15) is 9.59 Å². The molecule has 1 aromatic heterocycles. The van der Waals surface area contributed by atoms with Crippen molar-refractivity contribution < 1.29 is 19.1 Å². The molecule has 0 unspecified atom stereocenters. The van der Waals surface area contributed by atoms with Crippen molar-refractivity contribution in [3.63, 3.8) is 0 Å². The van der Waals surface area contributed by atoms with Crippen molar-refractivity contribution in [1.82, 2.24) is 19.8 Å². The van der Waals surface area contributed by atoms with Crippen LogP contribution in [-0.4, -0.2) is 98.1 Å². The van der Waals surface area contributed by atoms with Gasteiger partial charge >= 0.3 is 6.01 Å². The van der Waals surface area contributed by atoms with Crippen molar-refractivity contribution >= 4 is 29.5 Å². The number of benzene rings is 1. The summed E-state index contributed by atoms with van der Waals surface area (Å²) in [4.78, 5) is 38.6. The van der Waals surface area contributed by atoms with E-state index in [1.165, 1.54) is 5.56 Å². The van der Waals surface area contributed by atoms with E-state index in [0.717, 1.165) is 96.7 Å². The van der Waals surface area contributed by atoms with Gasteiger partial charge in [0.1, 0.15) is 11.5 Å². The molecule has 0 radical (unpaired) electrons. The van der Waals surface area contributed by atoms with E-state index < -0.39 is 0 Å². The highest BCUT2D eigenvalue weighted by molar-refractivity contribution is 5.86. The zero-order chi connectivity index (χ0) is 30.2. The fourth-order valence-corrected chi connectivity index (χ4v) is 5.08. The van der Waals surface area contributed by atoms with Crippen LogP contribution in [-0.2, 0) is 27.3 Å². The molecule has 2 heterocycles. The Balaban J connectivity index is 1.59. The van der Waals surface area contributed by atoms with Gasteiger partial charge in [-0.2, -0.15) is 9.97 Å². The number of ether oxygens (including phenoxy) is 2. The van der Waals surface area contributed by atoms with Crippen LogP contribution in [0, 0.1) is 0 Å². The molecule has 3 rings (SSSR count). The number of carbonyl (C=O) groups excluding carboxylic acids is 2. The van der Waals surface area contributed by atoms with Gasteiger partial charge in [-0.3, -0.25) is 19.4 Å². The number of anilines is 3. The van der Waals surface area contributed by atoms with Crippen molar-refractivity contribution in [2.24, 2.45) is 0 Å². The Hall–Kier alpha value is -3.28. The average molecular weight is 584 g/mol. The number of hydrogen-bond donors (Lipinski definition) is 2. The molecule has 42 heavy (non-hydrogen) atoms. The van der Waals surface area contributed by atoms with E-state index in [1.807, 2.05) is 24.1 Å². The number of carbonyl (C=O) groups is 2. The summed E-state index contributed by atoms with van der Waals surface area (Å²) in [7, 11) is 1.94. The molecule has 232 valence electrons. The summed E-state index contributed by atoms with van der Waals surface area (Å²) in [5.74, 6) is 0.907. The Morgan fingerprint density at radius 3 is 2.60 bits per heavy atom. The number of Topliss-reactive ketones (excluding diaryl/α,β-unsaturated/α-hetero) is 1. The van der Waals surface area contributed by atoms with E-state index in [4.69, 9.17) is 15.2 Å². The maximum atomic E-state index is 11.7. The first-order valence-corrected chi connectivity index (χ1v) is 15.2. The lowest BCUT2D eigenvalue weighted by molar-refractivity contribution is -0.116. The van der Waals surface area contributed by atoms with Crippen molar-refractivity contribution in [3.05, 3.63) is 35.4 Å². The number of nitrogens with one attached hydrogen (secondary N) is 1. The summed E-state index contributed by atoms with van der Waals surface area (Å²) in [6, 6.07) is 8.60. The lowest BCUT2D eigenvalue weighted by atomic mass is 10.1. The van der Waals surface area contributed by atoms with Crippen LogP contribution >= 0.6 is 0 Å². The summed E-state index contributed by atoms with van der Waals surface area (Å²) in [5, 5.41) is 2.65. The van der Waals surface area contributed by atoms with Gasteiger partial charge in [0.15, 0.2) is 11.6 Å². The molecule has 0 spiro atoms. The van der Waals surface area contributed by atoms with Gasteiger partial charge in [0.25, 0.3) is 0 Å². The van der Waals surface area contributed by atoms with Gasteiger partial charge in [0.05, 0.1) is 19.8 Å². The zero-order valence-electron chi connectivity index (χ0n) is 25.6. The number of rotatable bonds is 20. The Bertz CT molecular complexity index is 1110. The van der Waals surface area contributed by atoms with Crippen molar-refractivity contribution in [2.75, 3.05) is 82.1 Å². The van der Waals surface area contributed by atoms with Crippen LogP contribution in [0.15, 0.2) is 24.3 Å². The predicted molar refractivity (Wildman–Crippen MR) is 167 cm³/mol. The number of amides is 1. The molecule has 0 atom stereocenters. The van der Waals surface area contributed by atoms with Crippen molar-refractivity contribution in [1.29, 1.82) is 0 Å². The maximum absolute atomic E-state index is 11.7. The lowest BCUT2D eigenvalue weighted by Crippen LogP contribution is -2.38. The highest BCUT2D eigenvalue weighted by Gasteiger charge is 2.17. The second kappa shape index (κ2) is 18.3. The summed E-state index contributed by atoms with van der Waals surface area (Å²) < 4.78 is 11.2.